The molecule has 1 aromatic carbocycles. The Hall–Kier alpha value is -2.08. The zero-order valence-corrected chi connectivity index (χ0v) is 16.0. The number of amides is 2. The number of likely N-dealkylation sites (tertiary alicyclic amines) is 1. The van der Waals surface area contributed by atoms with Gasteiger partial charge in [-0.05, 0) is 43.9 Å². The highest BCUT2D eigenvalue weighted by atomic mass is 16.5. The zero-order chi connectivity index (χ0) is 19.1. The second kappa shape index (κ2) is 9.57. The summed E-state index contributed by atoms with van der Waals surface area (Å²) in [5, 5.41) is 0. The van der Waals surface area contributed by atoms with Crippen molar-refractivity contribution in [1.29, 1.82) is 0 Å². The van der Waals surface area contributed by atoms with Crippen molar-refractivity contribution in [3.63, 3.8) is 0 Å². The van der Waals surface area contributed by atoms with Crippen LogP contribution in [0.2, 0.25) is 0 Å². The normalized spacial score (nSPS) is 15.3. The van der Waals surface area contributed by atoms with Gasteiger partial charge in [0.1, 0.15) is 5.75 Å². The van der Waals surface area contributed by atoms with Gasteiger partial charge >= 0.3 is 0 Å². The molecule has 2 N–H and O–H groups in total. The first-order chi connectivity index (χ1) is 12.4. The number of carbonyl (C=O) groups excluding carboxylic acids is 2. The number of hydrogen-bond donors (Lipinski definition) is 1. The first-order valence-corrected chi connectivity index (χ1v) is 9.34. The lowest BCUT2D eigenvalue weighted by atomic mass is 9.95. The van der Waals surface area contributed by atoms with Crippen LogP contribution in [0.1, 0.15) is 49.5 Å². The maximum Gasteiger partial charge on any atom is 0.253 e. The van der Waals surface area contributed by atoms with Crippen molar-refractivity contribution >= 4 is 11.8 Å². The van der Waals surface area contributed by atoms with Crippen molar-refractivity contribution in [3.8, 4) is 5.75 Å². The third-order valence-corrected chi connectivity index (χ3v) is 4.50. The lowest BCUT2D eigenvalue weighted by Crippen LogP contribution is -2.41. The van der Waals surface area contributed by atoms with E-state index in [9.17, 15) is 9.59 Å². The monoisotopic (exact) mass is 362 g/mol. The first-order valence-electron chi connectivity index (χ1n) is 9.34. The van der Waals surface area contributed by atoms with E-state index in [4.69, 9.17) is 15.2 Å². The quantitative estimate of drug-likeness (QED) is 0.771. The third kappa shape index (κ3) is 5.46. The molecule has 26 heavy (non-hydrogen) atoms. The number of nitrogens with zero attached hydrogens (tertiary/aromatic N) is 1. The van der Waals surface area contributed by atoms with Crippen LogP contribution in [0, 0.1) is 11.8 Å². The minimum atomic E-state index is -0.275. The van der Waals surface area contributed by atoms with Crippen molar-refractivity contribution in [2.75, 3.05) is 26.3 Å². The predicted molar refractivity (Wildman–Crippen MR) is 99.9 cm³/mol. The Kier molecular flexibility index (Phi) is 7.45. The summed E-state index contributed by atoms with van der Waals surface area (Å²) in [5.41, 5.74) is 6.86. The number of hydrogen-bond acceptors (Lipinski definition) is 4. The van der Waals surface area contributed by atoms with Gasteiger partial charge in [-0.25, -0.2) is 0 Å². The van der Waals surface area contributed by atoms with Crippen LogP contribution in [0.25, 0.3) is 0 Å². The molecular weight excluding hydrogens is 332 g/mol. The fraction of sp³-hybridized carbons (Fsp3) is 0.600. The highest BCUT2D eigenvalue weighted by Gasteiger charge is 2.26. The predicted octanol–water partition coefficient (Wildman–Crippen LogP) is 2.60. The van der Waals surface area contributed by atoms with E-state index in [1.54, 1.807) is 11.0 Å². The molecule has 0 unspecified atom stereocenters. The first kappa shape index (κ1) is 20.2. The van der Waals surface area contributed by atoms with Gasteiger partial charge < -0.3 is 20.1 Å². The van der Waals surface area contributed by atoms with Crippen molar-refractivity contribution < 1.29 is 19.1 Å². The molecule has 0 atom stereocenters. The molecule has 6 heteroatoms. The number of piperidine rings is 1. The fourth-order valence-electron chi connectivity index (χ4n) is 3.08. The molecule has 1 fully saturated rings. The molecule has 0 radical (unpaired) electrons. The number of benzene rings is 1. The van der Waals surface area contributed by atoms with Gasteiger partial charge in [-0.3, -0.25) is 9.59 Å². The minimum absolute atomic E-state index is 0.0268. The molecule has 2 amide bonds. The molecule has 2 rings (SSSR count). The van der Waals surface area contributed by atoms with Crippen LogP contribution < -0.4 is 10.5 Å². The number of ether oxygens (including phenoxy) is 2. The largest absolute Gasteiger partial charge is 0.494 e. The standard InChI is InChI=1S/C20H30N2O4/c1-4-26-18-6-5-16(11-17(18)13-25-12-14(2)3)20(24)22-9-7-15(8-10-22)19(21)23/h5-6,11,14-15H,4,7-10,12-13H2,1-3H3,(H2,21,23). The second-order valence-electron chi connectivity index (χ2n) is 7.13. The zero-order valence-electron chi connectivity index (χ0n) is 16.0. The van der Waals surface area contributed by atoms with Crippen LogP contribution in [0.5, 0.6) is 5.75 Å². The molecule has 1 heterocycles. The van der Waals surface area contributed by atoms with Gasteiger partial charge in [0.15, 0.2) is 0 Å². The number of primary amides is 1. The SMILES string of the molecule is CCOc1ccc(C(=O)N2CCC(C(N)=O)CC2)cc1COCC(C)C. The van der Waals surface area contributed by atoms with Crippen LogP contribution in [-0.4, -0.2) is 43.0 Å². The second-order valence-corrected chi connectivity index (χ2v) is 7.13. The van der Waals surface area contributed by atoms with E-state index >= 15 is 0 Å². The van der Waals surface area contributed by atoms with Crippen LogP contribution in [0.15, 0.2) is 18.2 Å². The molecule has 0 saturated carbocycles. The van der Waals surface area contributed by atoms with Gasteiger partial charge in [-0.2, -0.15) is 0 Å². The summed E-state index contributed by atoms with van der Waals surface area (Å²) >= 11 is 0. The van der Waals surface area contributed by atoms with Crippen LogP contribution in [0.4, 0.5) is 0 Å². The number of rotatable bonds is 8. The minimum Gasteiger partial charge on any atom is -0.494 e. The Bertz CT molecular complexity index is 622. The Morgan fingerprint density at radius 3 is 2.54 bits per heavy atom. The van der Waals surface area contributed by atoms with E-state index in [-0.39, 0.29) is 17.7 Å². The van der Waals surface area contributed by atoms with Gasteiger partial charge in [0.2, 0.25) is 5.91 Å². The molecule has 0 spiro atoms. The summed E-state index contributed by atoms with van der Waals surface area (Å²) in [6, 6.07) is 5.48. The van der Waals surface area contributed by atoms with Crippen molar-refractivity contribution in [3.05, 3.63) is 29.3 Å². The van der Waals surface area contributed by atoms with E-state index in [0.717, 1.165) is 11.3 Å². The van der Waals surface area contributed by atoms with E-state index in [1.807, 2.05) is 19.1 Å². The molecule has 0 aliphatic carbocycles. The summed E-state index contributed by atoms with van der Waals surface area (Å²) in [7, 11) is 0. The van der Waals surface area contributed by atoms with Gasteiger partial charge in [0.05, 0.1) is 13.2 Å². The number of carbonyl (C=O) groups is 2. The Balaban J connectivity index is 2.08. The van der Waals surface area contributed by atoms with E-state index < -0.39 is 0 Å². The average Bonchev–Trinajstić information content (AvgIpc) is 2.62. The molecule has 1 aromatic rings. The fourth-order valence-corrected chi connectivity index (χ4v) is 3.08. The summed E-state index contributed by atoms with van der Waals surface area (Å²) in [6.07, 6.45) is 1.25. The van der Waals surface area contributed by atoms with Gasteiger partial charge in [-0.15, -0.1) is 0 Å². The lowest BCUT2D eigenvalue weighted by molar-refractivity contribution is -0.123. The topological polar surface area (TPSA) is 81.9 Å². The molecule has 1 aliphatic rings. The highest BCUT2D eigenvalue weighted by molar-refractivity contribution is 5.94. The van der Waals surface area contributed by atoms with Crippen LogP contribution >= 0.6 is 0 Å². The van der Waals surface area contributed by atoms with E-state index in [1.165, 1.54) is 0 Å². The Morgan fingerprint density at radius 1 is 1.27 bits per heavy atom. The molecule has 1 saturated heterocycles. The summed E-state index contributed by atoms with van der Waals surface area (Å²) in [5.74, 6) is 0.769. The maximum atomic E-state index is 12.8. The molecule has 0 bridgehead atoms. The Morgan fingerprint density at radius 2 is 1.96 bits per heavy atom. The maximum absolute atomic E-state index is 12.8. The number of nitrogens with two attached hydrogens (primary N) is 1. The summed E-state index contributed by atoms with van der Waals surface area (Å²) in [4.78, 5) is 25.9. The molecule has 0 aromatic heterocycles. The summed E-state index contributed by atoms with van der Waals surface area (Å²) in [6.45, 7) is 8.87. The molecule has 1 aliphatic heterocycles. The van der Waals surface area contributed by atoms with Crippen molar-refractivity contribution in [2.45, 2.75) is 40.2 Å². The summed E-state index contributed by atoms with van der Waals surface area (Å²) < 4.78 is 11.4. The molecule has 6 nitrogen and oxygen atoms in total. The van der Waals surface area contributed by atoms with Crippen molar-refractivity contribution in [2.24, 2.45) is 17.6 Å². The smallest absolute Gasteiger partial charge is 0.253 e. The van der Waals surface area contributed by atoms with Gasteiger partial charge in [0, 0.05) is 36.7 Å². The van der Waals surface area contributed by atoms with Crippen LogP contribution in [0.3, 0.4) is 0 Å². The average molecular weight is 362 g/mol. The van der Waals surface area contributed by atoms with Crippen molar-refractivity contribution in [1.82, 2.24) is 4.90 Å². The van der Waals surface area contributed by atoms with E-state index in [0.29, 0.717) is 57.2 Å². The van der Waals surface area contributed by atoms with Crippen LogP contribution in [-0.2, 0) is 16.1 Å². The molecular formula is C20H30N2O4. The van der Waals surface area contributed by atoms with Gasteiger partial charge in [0.25, 0.3) is 5.91 Å². The van der Waals surface area contributed by atoms with E-state index in [2.05, 4.69) is 13.8 Å². The highest BCUT2D eigenvalue weighted by Crippen LogP contribution is 2.24. The third-order valence-electron chi connectivity index (χ3n) is 4.50. The molecule has 144 valence electrons. The van der Waals surface area contributed by atoms with Gasteiger partial charge in [-0.1, -0.05) is 13.8 Å². The Labute approximate surface area is 155 Å². The lowest BCUT2D eigenvalue weighted by Gasteiger charge is -2.30.